The Balaban J connectivity index is 1.60. The number of amides is 1. The summed E-state index contributed by atoms with van der Waals surface area (Å²) >= 11 is 0. The number of benzene rings is 2. The lowest BCUT2D eigenvalue weighted by molar-refractivity contribution is -0.127. The number of aryl methyl sites for hydroxylation is 1. The van der Waals surface area contributed by atoms with E-state index in [1.807, 2.05) is 29.2 Å². The van der Waals surface area contributed by atoms with Crippen LogP contribution in [0.25, 0.3) is 28.1 Å². The number of fused-ring (bicyclic) bond motifs is 5. The molecule has 6 rings (SSSR count). The van der Waals surface area contributed by atoms with Crippen LogP contribution in [0, 0.1) is 0 Å². The minimum absolute atomic E-state index is 0.0452. The molecule has 0 saturated carbocycles. The third-order valence-corrected chi connectivity index (χ3v) is 7.71. The average molecular weight is 518 g/mol. The summed E-state index contributed by atoms with van der Waals surface area (Å²) in [7, 11) is 5.15. The Morgan fingerprint density at radius 3 is 2.50 bits per heavy atom. The lowest BCUT2D eigenvalue weighted by atomic mass is 9.94. The molecule has 0 spiro atoms. The van der Waals surface area contributed by atoms with Crippen molar-refractivity contribution in [1.29, 1.82) is 0 Å². The van der Waals surface area contributed by atoms with Gasteiger partial charge in [0.15, 0.2) is 23.0 Å². The van der Waals surface area contributed by atoms with Crippen molar-refractivity contribution < 1.29 is 23.7 Å². The van der Waals surface area contributed by atoms with Crippen LogP contribution in [-0.2, 0) is 17.8 Å². The van der Waals surface area contributed by atoms with Crippen molar-refractivity contribution in [2.45, 2.75) is 19.4 Å². The number of carbonyl (C=O) groups is 1. The van der Waals surface area contributed by atoms with Crippen molar-refractivity contribution in [3.05, 3.63) is 51.8 Å². The number of hydrogen-bond acceptors (Lipinski definition) is 7. The maximum absolute atomic E-state index is 14.1. The number of rotatable bonds is 4. The standard InChI is InChI=1S/C29H31N3O6/c1-30-11-13-31(14-12-30)25(33)9-7-20-19-6-8-22(35-2)28(36-3)26(19)29(34)32-10-4-5-18-15-23-24(38-17-37-23)16-21(18)27(20)32/h6-9,15-16H,4-5,10-14,17H2,1-3H3/b9-7+. The number of nitrogens with zero attached hydrogens (tertiary/aromatic N) is 3. The van der Waals surface area contributed by atoms with Crippen molar-refractivity contribution in [2.75, 3.05) is 54.2 Å². The first-order valence-electron chi connectivity index (χ1n) is 12.9. The topological polar surface area (TPSA) is 82.5 Å². The Morgan fingerprint density at radius 1 is 1.00 bits per heavy atom. The molecule has 9 heteroatoms. The van der Waals surface area contributed by atoms with E-state index in [9.17, 15) is 9.59 Å². The zero-order valence-electron chi connectivity index (χ0n) is 21.9. The van der Waals surface area contributed by atoms with Crippen LogP contribution in [0.2, 0.25) is 0 Å². The molecule has 2 aromatic carbocycles. The van der Waals surface area contributed by atoms with Gasteiger partial charge >= 0.3 is 0 Å². The van der Waals surface area contributed by atoms with E-state index in [1.165, 1.54) is 7.11 Å². The molecule has 1 amide bonds. The van der Waals surface area contributed by atoms with E-state index in [0.29, 0.717) is 53.4 Å². The highest BCUT2D eigenvalue weighted by Crippen LogP contribution is 2.44. The summed E-state index contributed by atoms with van der Waals surface area (Å²) in [5.41, 5.74) is 3.39. The smallest absolute Gasteiger partial charge is 0.262 e. The fourth-order valence-corrected chi connectivity index (χ4v) is 5.67. The zero-order valence-corrected chi connectivity index (χ0v) is 21.9. The van der Waals surface area contributed by atoms with Gasteiger partial charge in [0.25, 0.3) is 5.56 Å². The molecule has 38 heavy (non-hydrogen) atoms. The van der Waals surface area contributed by atoms with Crippen LogP contribution in [0.1, 0.15) is 17.5 Å². The molecule has 0 unspecified atom stereocenters. The Labute approximate surface area is 220 Å². The number of likely N-dealkylation sites (N-methyl/N-ethyl adjacent to an activating group) is 1. The van der Waals surface area contributed by atoms with E-state index < -0.39 is 0 Å². The van der Waals surface area contributed by atoms with Crippen LogP contribution in [0.15, 0.2) is 35.1 Å². The van der Waals surface area contributed by atoms with Crippen LogP contribution in [0.3, 0.4) is 0 Å². The maximum Gasteiger partial charge on any atom is 0.262 e. The molecule has 3 aliphatic rings. The van der Waals surface area contributed by atoms with Gasteiger partial charge in [-0.05, 0) is 55.8 Å². The van der Waals surface area contributed by atoms with E-state index in [1.54, 1.807) is 23.8 Å². The van der Waals surface area contributed by atoms with Gasteiger partial charge in [0.1, 0.15) is 0 Å². The first kappa shape index (κ1) is 24.4. The molecule has 4 heterocycles. The van der Waals surface area contributed by atoms with Gasteiger partial charge in [0, 0.05) is 55.3 Å². The number of methoxy groups -OCH3 is 2. The lowest BCUT2D eigenvalue weighted by Gasteiger charge is -2.31. The van der Waals surface area contributed by atoms with E-state index in [-0.39, 0.29) is 18.3 Å². The Bertz CT molecular complexity index is 1520. The Hall–Kier alpha value is -3.98. The second-order valence-corrected chi connectivity index (χ2v) is 9.87. The van der Waals surface area contributed by atoms with Gasteiger partial charge in [0.2, 0.25) is 12.7 Å². The van der Waals surface area contributed by atoms with Gasteiger partial charge < -0.3 is 33.3 Å². The minimum atomic E-state index is -0.154. The van der Waals surface area contributed by atoms with Crippen LogP contribution in [0.5, 0.6) is 23.0 Å². The summed E-state index contributed by atoms with van der Waals surface area (Å²) in [5, 5.41) is 1.14. The summed E-state index contributed by atoms with van der Waals surface area (Å²) in [6, 6.07) is 7.64. The molecule has 0 atom stereocenters. The minimum Gasteiger partial charge on any atom is -0.493 e. The molecular weight excluding hydrogens is 486 g/mol. The van der Waals surface area contributed by atoms with E-state index in [0.717, 1.165) is 48.3 Å². The predicted molar refractivity (Wildman–Crippen MR) is 144 cm³/mol. The highest BCUT2D eigenvalue weighted by Gasteiger charge is 2.27. The fourth-order valence-electron chi connectivity index (χ4n) is 5.67. The number of pyridine rings is 1. The largest absolute Gasteiger partial charge is 0.493 e. The second kappa shape index (κ2) is 9.72. The maximum atomic E-state index is 14.1. The summed E-state index contributed by atoms with van der Waals surface area (Å²) < 4.78 is 24.3. The van der Waals surface area contributed by atoms with Crippen molar-refractivity contribution in [1.82, 2.24) is 14.4 Å². The lowest BCUT2D eigenvalue weighted by Crippen LogP contribution is -2.46. The number of piperazine rings is 1. The highest BCUT2D eigenvalue weighted by atomic mass is 16.7. The molecule has 1 fully saturated rings. The third kappa shape index (κ3) is 3.98. The van der Waals surface area contributed by atoms with E-state index in [2.05, 4.69) is 11.9 Å². The molecule has 3 aliphatic heterocycles. The van der Waals surface area contributed by atoms with Crippen LogP contribution in [0.4, 0.5) is 0 Å². The summed E-state index contributed by atoms with van der Waals surface area (Å²) in [5.74, 6) is 2.20. The van der Waals surface area contributed by atoms with E-state index >= 15 is 0 Å². The fraction of sp³-hybridized carbons (Fsp3) is 0.379. The molecule has 1 saturated heterocycles. The summed E-state index contributed by atoms with van der Waals surface area (Å²) in [4.78, 5) is 31.3. The average Bonchev–Trinajstić information content (AvgIpc) is 3.31. The number of carbonyl (C=O) groups excluding carboxylic acids is 1. The number of ether oxygens (including phenoxy) is 4. The molecule has 1 aromatic heterocycles. The predicted octanol–water partition coefficient (Wildman–Crippen LogP) is 3.15. The molecular formula is C29H31N3O6. The molecule has 0 aliphatic carbocycles. The zero-order chi connectivity index (χ0) is 26.4. The monoisotopic (exact) mass is 517 g/mol. The Kier molecular flexibility index (Phi) is 6.23. The first-order valence-corrected chi connectivity index (χ1v) is 12.9. The van der Waals surface area contributed by atoms with E-state index in [4.69, 9.17) is 18.9 Å². The molecule has 3 aromatic rings. The SMILES string of the molecule is COc1ccc2c(/C=C/C(=O)N3CCN(C)CC3)c3n(c(=O)c2c1OC)CCCc1cc2c(cc1-3)OCO2. The van der Waals surface area contributed by atoms with Gasteiger partial charge in [-0.1, -0.05) is 0 Å². The van der Waals surface area contributed by atoms with Gasteiger partial charge in [-0.2, -0.15) is 0 Å². The molecule has 0 radical (unpaired) electrons. The number of aromatic nitrogens is 1. The van der Waals surface area contributed by atoms with Crippen molar-refractivity contribution in [3.8, 4) is 34.3 Å². The van der Waals surface area contributed by atoms with Crippen LogP contribution in [-0.4, -0.2) is 74.5 Å². The molecule has 198 valence electrons. The van der Waals surface area contributed by atoms with Gasteiger partial charge in [0.05, 0.1) is 25.3 Å². The Morgan fingerprint density at radius 2 is 1.76 bits per heavy atom. The first-order chi connectivity index (χ1) is 18.5. The quantitative estimate of drug-likeness (QED) is 0.492. The van der Waals surface area contributed by atoms with Crippen molar-refractivity contribution in [3.63, 3.8) is 0 Å². The van der Waals surface area contributed by atoms with Gasteiger partial charge in [-0.25, -0.2) is 0 Å². The molecule has 0 N–H and O–H groups in total. The van der Waals surface area contributed by atoms with Crippen molar-refractivity contribution in [2.24, 2.45) is 0 Å². The van der Waals surface area contributed by atoms with Gasteiger partial charge in [-0.3, -0.25) is 9.59 Å². The molecule has 0 bridgehead atoms. The van der Waals surface area contributed by atoms with Gasteiger partial charge in [-0.15, -0.1) is 0 Å². The second-order valence-electron chi connectivity index (χ2n) is 9.87. The number of hydrogen-bond donors (Lipinski definition) is 0. The third-order valence-electron chi connectivity index (χ3n) is 7.71. The van der Waals surface area contributed by atoms with Crippen molar-refractivity contribution >= 4 is 22.8 Å². The normalized spacial score (nSPS) is 16.9. The van der Waals surface area contributed by atoms with Crippen LogP contribution < -0.4 is 24.5 Å². The highest BCUT2D eigenvalue weighted by molar-refractivity contribution is 6.03. The summed E-state index contributed by atoms with van der Waals surface area (Å²) in [6.45, 7) is 3.76. The van der Waals surface area contributed by atoms with Crippen LogP contribution >= 0.6 is 0 Å². The molecule has 9 nitrogen and oxygen atoms in total. The summed E-state index contributed by atoms with van der Waals surface area (Å²) in [6.07, 6.45) is 5.04.